The molecule has 1 heterocycles. The quantitative estimate of drug-likeness (QED) is 0.293. The van der Waals surface area contributed by atoms with Crippen molar-refractivity contribution >= 4 is 40.4 Å². The highest BCUT2D eigenvalue weighted by molar-refractivity contribution is 8.01. The number of aliphatic carboxylic acids is 1. The molecule has 2 aromatic carbocycles. The summed E-state index contributed by atoms with van der Waals surface area (Å²) in [4.78, 5) is 45.9. The molecule has 0 unspecified atom stereocenters. The molecular formula is C25H29N3O5S. The van der Waals surface area contributed by atoms with E-state index in [9.17, 15) is 19.5 Å². The predicted molar refractivity (Wildman–Crippen MR) is 132 cm³/mol. The van der Waals surface area contributed by atoms with Gasteiger partial charge in [0.1, 0.15) is 6.04 Å². The molecule has 0 aliphatic carbocycles. The van der Waals surface area contributed by atoms with E-state index in [1.54, 1.807) is 6.20 Å². The molecule has 2 atom stereocenters. The third-order valence-electron chi connectivity index (χ3n) is 5.08. The second kappa shape index (κ2) is 12.2. The van der Waals surface area contributed by atoms with E-state index in [0.717, 1.165) is 22.0 Å². The van der Waals surface area contributed by atoms with Crippen LogP contribution in [0.25, 0.3) is 10.9 Å². The number of carboxylic acid groups (broad SMARTS) is 1. The van der Waals surface area contributed by atoms with E-state index in [1.807, 2.05) is 68.4 Å². The number of para-hydroxylation sites is 1. The Kier molecular flexibility index (Phi) is 9.12. The van der Waals surface area contributed by atoms with Gasteiger partial charge < -0.3 is 15.4 Å². The molecule has 0 fully saturated rings. The van der Waals surface area contributed by atoms with Crippen LogP contribution in [0.15, 0.2) is 60.8 Å². The van der Waals surface area contributed by atoms with E-state index in [4.69, 9.17) is 4.84 Å². The van der Waals surface area contributed by atoms with Crippen molar-refractivity contribution < 1.29 is 24.3 Å². The number of benzene rings is 2. The van der Waals surface area contributed by atoms with Gasteiger partial charge in [0.25, 0.3) is 5.91 Å². The van der Waals surface area contributed by atoms with Crippen LogP contribution in [0.2, 0.25) is 0 Å². The van der Waals surface area contributed by atoms with Gasteiger partial charge in [-0.05, 0) is 22.4 Å². The molecule has 8 nitrogen and oxygen atoms in total. The number of hydroxylamine groups is 1. The van der Waals surface area contributed by atoms with Gasteiger partial charge in [-0.3, -0.25) is 19.2 Å². The lowest BCUT2D eigenvalue weighted by Crippen LogP contribution is -2.50. The average Bonchev–Trinajstić information content (AvgIpc) is 3.21. The van der Waals surface area contributed by atoms with Gasteiger partial charge >= 0.3 is 5.97 Å². The van der Waals surface area contributed by atoms with Crippen molar-refractivity contribution in [2.45, 2.75) is 49.8 Å². The summed E-state index contributed by atoms with van der Waals surface area (Å²) in [5, 5.41) is 12.2. The molecule has 180 valence electrons. The fourth-order valence-corrected chi connectivity index (χ4v) is 4.61. The van der Waals surface area contributed by atoms with Crippen molar-refractivity contribution in [2.24, 2.45) is 0 Å². The molecule has 9 heteroatoms. The molecule has 3 aromatic rings. The van der Waals surface area contributed by atoms with E-state index in [1.165, 1.54) is 11.8 Å². The highest BCUT2D eigenvalue weighted by Crippen LogP contribution is 2.22. The van der Waals surface area contributed by atoms with Gasteiger partial charge in [0.2, 0.25) is 5.91 Å². The predicted octanol–water partition coefficient (Wildman–Crippen LogP) is 3.43. The Morgan fingerprint density at radius 3 is 2.44 bits per heavy atom. The van der Waals surface area contributed by atoms with Gasteiger partial charge in [-0.1, -0.05) is 62.4 Å². The number of carbonyl (C=O) groups excluding carboxylic acids is 2. The molecule has 0 aliphatic heterocycles. The fraction of sp³-hybridized carbons (Fsp3) is 0.320. The van der Waals surface area contributed by atoms with Crippen LogP contribution < -0.4 is 10.8 Å². The van der Waals surface area contributed by atoms with Crippen LogP contribution in [0, 0.1) is 0 Å². The SMILES string of the molecule is CC(C)S[C@H](CC(=O)O)C(=O)N[C@@H](Cc1c[nH]c2ccccc12)C(=O)NOCc1ccccc1. The Hall–Kier alpha value is -3.30. The fourth-order valence-electron chi connectivity index (χ4n) is 3.52. The Morgan fingerprint density at radius 1 is 1.03 bits per heavy atom. The zero-order valence-corrected chi connectivity index (χ0v) is 19.9. The summed E-state index contributed by atoms with van der Waals surface area (Å²) >= 11 is 1.25. The van der Waals surface area contributed by atoms with Crippen LogP contribution in [-0.2, 0) is 32.2 Å². The molecule has 4 N–H and O–H groups in total. The molecule has 0 saturated heterocycles. The number of rotatable bonds is 12. The topological polar surface area (TPSA) is 121 Å². The number of hydrogen-bond donors (Lipinski definition) is 4. The summed E-state index contributed by atoms with van der Waals surface area (Å²) in [6.45, 7) is 3.95. The van der Waals surface area contributed by atoms with Crippen LogP contribution in [0.5, 0.6) is 0 Å². The van der Waals surface area contributed by atoms with Crippen LogP contribution in [0.1, 0.15) is 31.4 Å². The Labute approximate surface area is 202 Å². The highest BCUT2D eigenvalue weighted by atomic mass is 32.2. The van der Waals surface area contributed by atoms with Crippen LogP contribution in [0.4, 0.5) is 0 Å². The maximum atomic E-state index is 13.0. The molecule has 0 bridgehead atoms. The number of fused-ring (bicyclic) bond motifs is 1. The number of nitrogens with one attached hydrogen (secondary N) is 3. The molecular weight excluding hydrogens is 454 g/mol. The molecule has 0 aliphatic rings. The van der Waals surface area contributed by atoms with E-state index in [-0.39, 0.29) is 24.7 Å². The van der Waals surface area contributed by atoms with Crippen molar-refractivity contribution in [3.63, 3.8) is 0 Å². The second-order valence-corrected chi connectivity index (χ2v) is 9.92. The Balaban J connectivity index is 1.75. The first-order valence-electron chi connectivity index (χ1n) is 11.0. The number of aromatic nitrogens is 1. The maximum absolute atomic E-state index is 13.0. The van der Waals surface area contributed by atoms with Crippen molar-refractivity contribution in [3.05, 3.63) is 71.9 Å². The van der Waals surface area contributed by atoms with Gasteiger partial charge in [0.05, 0.1) is 18.3 Å². The molecule has 3 rings (SSSR count). The number of thioether (sulfide) groups is 1. The van der Waals surface area contributed by atoms with Gasteiger partial charge in [-0.2, -0.15) is 0 Å². The molecule has 1 aromatic heterocycles. The number of carboxylic acids is 1. The molecule has 2 amide bonds. The first-order chi connectivity index (χ1) is 16.3. The Bertz CT molecular complexity index is 1120. The average molecular weight is 484 g/mol. The minimum absolute atomic E-state index is 0.0465. The zero-order valence-electron chi connectivity index (χ0n) is 19.1. The van der Waals surface area contributed by atoms with Crippen LogP contribution >= 0.6 is 11.8 Å². The normalized spacial score (nSPS) is 12.9. The van der Waals surface area contributed by atoms with Gasteiger partial charge in [0.15, 0.2) is 0 Å². The van der Waals surface area contributed by atoms with Crippen molar-refractivity contribution in [2.75, 3.05) is 0 Å². The number of amides is 2. The summed E-state index contributed by atoms with van der Waals surface area (Å²) < 4.78 is 0. The third-order valence-corrected chi connectivity index (χ3v) is 6.33. The van der Waals surface area contributed by atoms with Crippen molar-refractivity contribution in [1.29, 1.82) is 0 Å². The number of H-pyrrole nitrogens is 1. The molecule has 34 heavy (non-hydrogen) atoms. The molecule has 0 radical (unpaired) electrons. The monoisotopic (exact) mass is 483 g/mol. The van der Waals surface area contributed by atoms with Gasteiger partial charge in [-0.25, -0.2) is 5.48 Å². The zero-order chi connectivity index (χ0) is 24.5. The first kappa shape index (κ1) is 25.3. The minimum Gasteiger partial charge on any atom is -0.481 e. The number of carbonyl (C=O) groups is 3. The summed E-state index contributed by atoms with van der Waals surface area (Å²) in [5.41, 5.74) is 5.09. The summed E-state index contributed by atoms with van der Waals surface area (Å²) in [6, 6.07) is 16.1. The second-order valence-electron chi connectivity index (χ2n) is 8.14. The Morgan fingerprint density at radius 2 is 1.74 bits per heavy atom. The summed E-state index contributed by atoms with van der Waals surface area (Å²) in [5.74, 6) is -2.08. The van der Waals surface area contributed by atoms with Gasteiger partial charge in [0, 0.05) is 23.5 Å². The standard InChI is InChI=1S/C25H29N3O5S/c1-16(2)34-22(13-23(29)30)25(32)27-21(12-18-14-26-20-11-7-6-10-19(18)20)24(31)28-33-15-17-8-4-3-5-9-17/h3-11,14,16,21-22,26H,12-13,15H2,1-2H3,(H,27,32)(H,28,31)(H,29,30)/t21-,22+/m0/s1. The lowest BCUT2D eigenvalue weighted by Gasteiger charge is -2.22. The summed E-state index contributed by atoms with van der Waals surface area (Å²) in [6.07, 6.45) is 1.68. The van der Waals surface area contributed by atoms with E-state index < -0.39 is 29.1 Å². The smallest absolute Gasteiger partial charge is 0.305 e. The van der Waals surface area contributed by atoms with Gasteiger partial charge in [-0.15, -0.1) is 11.8 Å². The lowest BCUT2D eigenvalue weighted by atomic mass is 10.0. The molecule has 0 spiro atoms. The molecule has 0 saturated carbocycles. The largest absolute Gasteiger partial charge is 0.481 e. The third kappa shape index (κ3) is 7.36. The highest BCUT2D eigenvalue weighted by Gasteiger charge is 2.29. The van der Waals surface area contributed by atoms with Crippen molar-refractivity contribution in [1.82, 2.24) is 15.8 Å². The van der Waals surface area contributed by atoms with E-state index in [2.05, 4.69) is 15.8 Å². The first-order valence-corrected chi connectivity index (χ1v) is 12.0. The van der Waals surface area contributed by atoms with E-state index in [0.29, 0.717) is 0 Å². The number of aromatic amines is 1. The summed E-state index contributed by atoms with van der Waals surface area (Å²) in [7, 11) is 0. The minimum atomic E-state index is -1.07. The van der Waals surface area contributed by atoms with Crippen LogP contribution in [0.3, 0.4) is 0 Å². The maximum Gasteiger partial charge on any atom is 0.305 e. The van der Waals surface area contributed by atoms with Crippen molar-refractivity contribution in [3.8, 4) is 0 Å². The van der Waals surface area contributed by atoms with E-state index >= 15 is 0 Å². The number of hydrogen-bond acceptors (Lipinski definition) is 5. The van der Waals surface area contributed by atoms with Crippen LogP contribution in [-0.4, -0.2) is 44.4 Å². The lowest BCUT2D eigenvalue weighted by molar-refractivity contribution is -0.140.